The summed E-state index contributed by atoms with van der Waals surface area (Å²) in [7, 11) is -0.262. The molecule has 1 saturated heterocycles. The third-order valence-corrected chi connectivity index (χ3v) is 4.47. The fourth-order valence-corrected chi connectivity index (χ4v) is 2.44. The lowest BCUT2D eigenvalue weighted by Gasteiger charge is -2.32. The van der Waals surface area contributed by atoms with E-state index in [0.29, 0.717) is 6.54 Å². The van der Waals surface area contributed by atoms with Gasteiger partial charge in [0.2, 0.25) is 0 Å². The molecule has 0 aliphatic carbocycles. The summed E-state index contributed by atoms with van der Waals surface area (Å²) < 4.78 is 17.5. The molecule has 2 aliphatic heterocycles. The number of rotatable bonds is 1. The zero-order chi connectivity index (χ0) is 16.8. The molecule has 0 aromatic rings. The fourth-order valence-electron chi connectivity index (χ4n) is 2.44. The lowest BCUT2D eigenvalue weighted by molar-refractivity contribution is 0.00578. The van der Waals surface area contributed by atoms with Gasteiger partial charge in [-0.3, -0.25) is 4.90 Å². The summed E-state index contributed by atoms with van der Waals surface area (Å²) in [6.07, 6.45) is 4.26. The molecule has 0 bridgehead atoms. The number of amides is 1. The van der Waals surface area contributed by atoms with Gasteiger partial charge in [-0.05, 0) is 54.9 Å². The molecule has 0 aromatic heterocycles. The molecular weight excluding hydrogens is 281 g/mol. The lowest BCUT2D eigenvalue weighted by atomic mass is 9.69. The average molecular weight is 309 g/mol. The van der Waals surface area contributed by atoms with E-state index in [1.165, 1.54) is 0 Å². The minimum Gasteiger partial charge on any atom is -0.443 e. The van der Waals surface area contributed by atoms with Gasteiger partial charge in [0.05, 0.1) is 11.2 Å². The molecule has 22 heavy (non-hydrogen) atoms. The van der Waals surface area contributed by atoms with Crippen molar-refractivity contribution in [3.8, 4) is 0 Å². The van der Waals surface area contributed by atoms with Crippen molar-refractivity contribution in [2.24, 2.45) is 0 Å². The fraction of sp³-hybridized carbons (Fsp3) is 0.812. The maximum Gasteiger partial charge on any atom is 0.465 e. The van der Waals surface area contributed by atoms with E-state index in [2.05, 4.69) is 0 Å². The smallest absolute Gasteiger partial charge is 0.443 e. The Bertz CT molecular complexity index is 451. The van der Waals surface area contributed by atoms with Crippen LogP contribution in [-0.2, 0) is 14.0 Å². The van der Waals surface area contributed by atoms with E-state index in [9.17, 15) is 4.79 Å². The summed E-state index contributed by atoms with van der Waals surface area (Å²) >= 11 is 0. The third kappa shape index (κ3) is 3.66. The standard InChI is InChI=1S/C16H28BNO4/c1-14(2,3)20-13(19)18-10-8-12(9-11-18)17-21-15(4,5)16(6,7)22-17/h8,10,12H,9,11H2,1-7H3/t12-/m1/s1. The molecule has 0 spiro atoms. The molecule has 1 fully saturated rings. The zero-order valence-electron chi connectivity index (χ0n) is 14.8. The molecule has 0 saturated carbocycles. The van der Waals surface area contributed by atoms with Crippen molar-refractivity contribution in [3.05, 3.63) is 12.3 Å². The highest BCUT2D eigenvalue weighted by atomic mass is 16.7. The summed E-state index contributed by atoms with van der Waals surface area (Å²) in [6.45, 7) is 14.4. The predicted octanol–water partition coefficient (Wildman–Crippen LogP) is 3.60. The van der Waals surface area contributed by atoms with Crippen LogP contribution in [-0.4, -0.2) is 41.5 Å². The number of hydrogen-bond acceptors (Lipinski definition) is 4. The van der Waals surface area contributed by atoms with Crippen molar-refractivity contribution < 1.29 is 18.8 Å². The number of ether oxygens (including phenoxy) is 1. The van der Waals surface area contributed by atoms with Crippen LogP contribution in [0.4, 0.5) is 4.79 Å². The Morgan fingerprint density at radius 1 is 1.23 bits per heavy atom. The van der Waals surface area contributed by atoms with E-state index in [1.54, 1.807) is 11.1 Å². The Kier molecular flexibility index (Phi) is 4.39. The van der Waals surface area contributed by atoms with Crippen molar-refractivity contribution in [2.75, 3.05) is 6.54 Å². The van der Waals surface area contributed by atoms with Crippen molar-refractivity contribution in [3.63, 3.8) is 0 Å². The van der Waals surface area contributed by atoms with E-state index in [0.717, 1.165) is 6.42 Å². The van der Waals surface area contributed by atoms with Crippen LogP contribution in [0.5, 0.6) is 0 Å². The quantitative estimate of drug-likeness (QED) is 0.694. The second-order valence-corrected chi connectivity index (χ2v) is 8.09. The molecule has 0 N–H and O–H groups in total. The Hall–Kier alpha value is -1.01. The van der Waals surface area contributed by atoms with Crippen molar-refractivity contribution in [2.45, 2.75) is 77.5 Å². The average Bonchev–Trinajstić information content (AvgIpc) is 2.56. The Morgan fingerprint density at radius 3 is 2.18 bits per heavy atom. The maximum atomic E-state index is 12.0. The van der Waals surface area contributed by atoms with E-state index in [1.807, 2.05) is 54.5 Å². The van der Waals surface area contributed by atoms with Gasteiger partial charge in [-0.2, -0.15) is 0 Å². The highest BCUT2D eigenvalue weighted by Gasteiger charge is 2.53. The van der Waals surface area contributed by atoms with E-state index >= 15 is 0 Å². The first kappa shape index (κ1) is 17.4. The minimum atomic E-state index is -0.479. The van der Waals surface area contributed by atoms with Gasteiger partial charge in [0.1, 0.15) is 5.60 Å². The first-order valence-electron chi connectivity index (χ1n) is 7.95. The van der Waals surface area contributed by atoms with Gasteiger partial charge < -0.3 is 14.0 Å². The molecular formula is C16H28BNO4. The van der Waals surface area contributed by atoms with Gasteiger partial charge in [-0.15, -0.1) is 0 Å². The summed E-state index contributed by atoms with van der Waals surface area (Å²) in [5, 5.41) is 0. The highest BCUT2D eigenvalue weighted by molar-refractivity contribution is 6.48. The van der Waals surface area contributed by atoms with Crippen molar-refractivity contribution in [1.29, 1.82) is 0 Å². The van der Waals surface area contributed by atoms with Crippen LogP contribution in [0.3, 0.4) is 0 Å². The molecule has 1 amide bonds. The van der Waals surface area contributed by atoms with Gasteiger partial charge >= 0.3 is 13.2 Å². The maximum absolute atomic E-state index is 12.0. The first-order valence-corrected chi connectivity index (χ1v) is 7.95. The second kappa shape index (κ2) is 5.57. The van der Waals surface area contributed by atoms with Crippen LogP contribution < -0.4 is 0 Å². The number of allylic oxidation sites excluding steroid dienone is 1. The Balaban J connectivity index is 1.97. The Labute approximate surface area is 134 Å². The minimum absolute atomic E-state index is 0.153. The molecule has 5 nitrogen and oxygen atoms in total. The van der Waals surface area contributed by atoms with E-state index in [-0.39, 0.29) is 30.2 Å². The molecule has 2 aliphatic rings. The largest absolute Gasteiger partial charge is 0.465 e. The van der Waals surface area contributed by atoms with Crippen LogP contribution in [0, 0.1) is 0 Å². The third-order valence-electron chi connectivity index (χ3n) is 4.47. The summed E-state index contributed by atoms with van der Waals surface area (Å²) in [5.41, 5.74) is -1.13. The first-order chi connectivity index (χ1) is 9.91. The highest BCUT2D eigenvalue weighted by Crippen LogP contribution is 2.41. The number of hydrogen-bond donors (Lipinski definition) is 0. The summed E-state index contributed by atoms with van der Waals surface area (Å²) in [5.74, 6) is 0.153. The van der Waals surface area contributed by atoms with Crippen LogP contribution in [0.25, 0.3) is 0 Å². The summed E-state index contributed by atoms with van der Waals surface area (Å²) in [6, 6.07) is 0. The van der Waals surface area contributed by atoms with Crippen molar-refractivity contribution >= 4 is 13.2 Å². The summed E-state index contributed by atoms with van der Waals surface area (Å²) in [4.78, 5) is 13.6. The Morgan fingerprint density at radius 2 is 1.77 bits per heavy atom. The van der Waals surface area contributed by atoms with Crippen LogP contribution in [0.15, 0.2) is 12.3 Å². The van der Waals surface area contributed by atoms with Crippen molar-refractivity contribution in [1.82, 2.24) is 4.90 Å². The van der Waals surface area contributed by atoms with E-state index < -0.39 is 5.60 Å². The number of carbonyl (C=O) groups is 1. The zero-order valence-corrected chi connectivity index (χ0v) is 14.8. The molecule has 0 unspecified atom stereocenters. The van der Waals surface area contributed by atoms with E-state index in [4.69, 9.17) is 14.0 Å². The van der Waals surface area contributed by atoms with Gasteiger partial charge in [0.15, 0.2) is 0 Å². The molecule has 2 heterocycles. The molecule has 124 valence electrons. The van der Waals surface area contributed by atoms with Gasteiger partial charge in [0, 0.05) is 18.6 Å². The topological polar surface area (TPSA) is 48.0 Å². The SMILES string of the molecule is CC(C)(C)OC(=O)N1C=C[C@@H](B2OC(C)(C)C(C)(C)O2)CC1. The van der Waals surface area contributed by atoms with Crippen LogP contribution in [0.2, 0.25) is 5.82 Å². The molecule has 0 aromatic carbocycles. The predicted molar refractivity (Wildman–Crippen MR) is 86.5 cm³/mol. The molecule has 6 heteroatoms. The second-order valence-electron chi connectivity index (χ2n) is 8.09. The normalized spacial score (nSPS) is 27.1. The van der Waals surface area contributed by atoms with Gasteiger partial charge in [-0.25, -0.2) is 4.79 Å². The number of nitrogens with zero attached hydrogens (tertiary/aromatic N) is 1. The van der Waals surface area contributed by atoms with Gasteiger partial charge in [-0.1, -0.05) is 6.08 Å². The molecule has 0 radical (unpaired) electrons. The van der Waals surface area contributed by atoms with Crippen LogP contribution >= 0.6 is 0 Å². The molecule has 1 atom stereocenters. The molecule has 2 rings (SSSR count). The van der Waals surface area contributed by atoms with Gasteiger partial charge in [0.25, 0.3) is 0 Å². The lowest BCUT2D eigenvalue weighted by Crippen LogP contribution is -2.41. The number of carbonyl (C=O) groups excluding carboxylic acids is 1. The monoisotopic (exact) mass is 309 g/mol. The van der Waals surface area contributed by atoms with Crippen LogP contribution in [0.1, 0.15) is 54.9 Å².